The van der Waals surface area contributed by atoms with Gasteiger partial charge in [0, 0.05) is 28.6 Å². The Hall–Kier alpha value is -0.420. The van der Waals surface area contributed by atoms with Gasteiger partial charge in [-0.15, -0.1) is 0 Å². The number of hydrogen-bond acceptors (Lipinski definition) is 2. The van der Waals surface area contributed by atoms with Crippen LogP contribution in [0.25, 0.3) is 0 Å². The van der Waals surface area contributed by atoms with E-state index in [1.54, 1.807) is 12.3 Å². The second-order valence-corrected chi connectivity index (χ2v) is 5.73. The lowest BCUT2D eigenvalue weighted by Gasteiger charge is -2.34. The van der Waals surface area contributed by atoms with Crippen LogP contribution in [0.15, 0.2) is 22.8 Å². The third-order valence-corrected chi connectivity index (χ3v) is 4.23. The number of hydrogen-bond donors (Lipinski definition) is 0. The molecule has 0 spiro atoms. The summed E-state index contributed by atoms with van der Waals surface area (Å²) in [5, 5.41) is 0.843. The van der Waals surface area contributed by atoms with Crippen LogP contribution in [0, 0.1) is 0 Å². The number of alkyl halides is 1. The van der Waals surface area contributed by atoms with Gasteiger partial charge in [0.1, 0.15) is 5.69 Å². The standard InChI is InChI=1S/C12H14Br2N2O/c13-7-10-3-1-2-6-16(10)12(17)11-5-4-9(14)8-15-11/h4-5,8,10H,1-3,6-7H2. The van der Waals surface area contributed by atoms with Crippen molar-refractivity contribution in [1.82, 2.24) is 9.88 Å². The number of carbonyl (C=O) groups is 1. The van der Waals surface area contributed by atoms with E-state index >= 15 is 0 Å². The number of pyridine rings is 1. The summed E-state index contributed by atoms with van der Waals surface area (Å²) in [5.41, 5.74) is 0.529. The third kappa shape index (κ3) is 3.07. The lowest BCUT2D eigenvalue weighted by Crippen LogP contribution is -2.44. The van der Waals surface area contributed by atoms with Crippen LogP contribution in [0.2, 0.25) is 0 Å². The van der Waals surface area contributed by atoms with Gasteiger partial charge in [-0.2, -0.15) is 0 Å². The Morgan fingerprint density at radius 3 is 2.94 bits per heavy atom. The van der Waals surface area contributed by atoms with Crippen molar-refractivity contribution < 1.29 is 4.79 Å². The number of aromatic nitrogens is 1. The van der Waals surface area contributed by atoms with Crippen LogP contribution in [-0.2, 0) is 0 Å². The molecule has 0 N–H and O–H groups in total. The van der Waals surface area contributed by atoms with E-state index in [9.17, 15) is 4.79 Å². The smallest absolute Gasteiger partial charge is 0.272 e. The first-order chi connectivity index (χ1) is 8.22. The SMILES string of the molecule is O=C(c1ccc(Br)cn1)N1CCCCC1CBr. The molecule has 1 aliphatic heterocycles. The first kappa shape index (κ1) is 13.0. The topological polar surface area (TPSA) is 33.2 Å². The molecule has 2 rings (SSSR count). The zero-order chi connectivity index (χ0) is 12.3. The molecule has 5 heteroatoms. The Labute approximate surface area is 118 Å². The summed E-state index contributed by atoms with van der Waals surface area (Å²) in [6, 6.07) is 3.93. The van der Waals surface area contributed by atoms with E-state index in [1.165, 1.54) is 6.42 Å². The fourth-order valence-electron chi connectivity index (χ4n) is 2.08. The second kappa shape index (κ2) is 5.96. The first-order valence-corrected chi connectivity index (χ1v) is 7.62. The molecule has 1 fully saturated rings. The Morgan fingerprint density at radius 2 is 2.29 bits per heavy atom. The molecule has 1 unspecified atom stereocenters. The average molecular weight is 362 g/mol. The van der Waals surface area contributed by atoms with E-state index in [0.717, 1.165) is 29.2 Å². The Balaban J connectivity index is 2.15. The Morgan fingerprint density at radius 1 is 1.47 bits per heavy atom. The molecule has 17 heavy (non-hydrogen) atoms. The van der Waals surface area contributed by atoms with Gasteiger partial charge in [-0.25, -0.2) is 4.98 Å². The molecule has 1 aromatic rings. The molecule has 0 aliphatic carbocycles. The summed E-state index contributed by atoms with van der Waals surface area (Å²) in [6.45, 7) is 0.840. The highest BCUT2D eigenvalue weighted by molar-refractivity contribution is 9.10. The minimum atomic E-state index is 0.0432. The second-order valence-electron chi connectivity index (χ2n) is 4.16. The maximum Gasteiger partial charge on any atom is 0.272 e. The van der Waals surface area contributed by atoms with Gasteiger partial charge in [0.2, 0.25) is 0 Å². The fourth-order valence-corrected chi connectivity index (χ4v) is 2.99. The lowest BCUT2D eigenvalue weighted by atomic mass is 10.0. The van der Waals surface area contributed by atoms with Crippen molar-refractivity contribution in [2.45, 2.75) is 25.3 Å². The van der Waals surface area contributed by atoms with Crippen molar-refractivity contribution in [3.8, 4) is 0 Å². The molecule has 3 nitrogen and oxygen atoms in total. The zero-order valence-electron chi connectivity index (χ0n) is 9.40. The van der Waals surface area contributed by atoms with Crippen LogP contribution in [-0.4, -0.2) is 33.7 Å². The summed E-state index contributed by atoms with van der Waals surface area (Å²) >= 11 is 6.80. The van der Waals surface area contributed by atoms with Gasteiger partial charge in [-0.1, -0.05) is 15.9 Å². The van der Waals surface area contributed by atoms with Crippen LogP contribution in [0.4, 0.5) is 0 Å². The van der Waals surface area contributed by atoms with Crippen LogP contribution in [0.1, 0.15) is 29.8 Å². The van der Waals surface area contributed by atoms with Crippen molar-refractivity contribution in [3.05, 3.63) is 28.5 Å². The number of rotatable bonds is 2. The van der Waals surface area contributed by atoms with E-state index in [-0.39, 0.29) is 5.91 Å². The van der Waals surface area contributed by atoms with Crippen molar-refractivity contribution in [1.29, 1.82) is 0 Å². The van der Waals surface area contributed by atoms with E-state index in [1.807, 2.05) is 11.0 Å². The summed E-state index contributed by atoms with van der Waals surface area (Å²) in [4.78, 5) is 18.4. The Kier molecular flexibility index (Phi) is 4.56. The number of amides is 1. The van der Waals surface area contributed by atoms with Crippen molar-refractivity contribution in [2.75, 3.05) is 11.9 Å². The van der Waals surface area contributed by atoms with Gasteiger partial charge in [-0.05, 0) is 47.3 Å². The monoisotopic (exact) mass is 360 g/mol. The highest BCUT2D eigenvalue weighted by atomic mass is 79.9. The fraction of sp³-hybridized carbons (Fsp3) is 0.500. The zero-order valence-corrected chi connectivity index (χ0v) is 12.6. The molecule has 0 aromatic carbocycles. The largest absolute Gasteiger partial charge is 0.333 e. The van der Waals surface area contributed by atoms with Gasteiger partial charge in [0.05, 0.1) is 0 Å². The van der Waals surface area contributed by atoms with Gasteiger partial charge in [0.25, 0.3) is 5.91 Å². The minimum Gasteiger partial charge on any atom is -0.333 e. The first-order valence-electron chi connectivity index (χ1n) is 5.71. The maximum absolute atomic E-state index is 12.3. The van der Waals surface area contributed by atoms with Crippen molar-refractivity contribution >= 4 is 37.8 Å². The number of halogens is 2. The molecule has 1 amide bonds. The maximum atomic E-state index is 12.3. The predicted molar refractivity (Wildman–Crippen MR) is 74.4 cm³/mol. The van der Waals surface area contributed by atoms with Gasteiger partial charge in [-0.3, -0.25) is 4.79 Å². The molecule has 1 aliphatic rings. The molecule has 92 valence electrons. The molecule has 1 saturated heterocycles. The van der Waals surface area contributed by atoms with Gasteiger partial charge >= 0.3 is 0 Å². The molecule has 0 saturated carbocycles. The van der Waals surface area contributed by atoms with Crippen molar-refractivity contribution in [2.24, 2.45) is 0 Å². The normalized spacial score (nSPS) is 20.4. The lowest BCUT2D eigenvalue weighted by molar-refractivity contribution is 0.0636. The molecular weight excluding hydrogens is 348 g/mol. The average Bonchev–Trinajstić information content (AvgIpc) is 2.39. The molecule has 2 heterocycles. The number of carbonyl (C=O) groups excluding carboxylic acids is 1. The highest BCUT2D eigenvalue weighted by Crippen LogP contribution is 2.21. The van der Waals surface area contributed by atoms with Crippen LogP contribution in [0.3, 0.4) is 0 Å². The van der Waals surface area contributed by atoms with Crippen LogP contribution in [0.5, 0.6) is 0 Å². The van der Waals surface area contributed by atoms with Crippen LogP contribution < -0.4 is 0 Å². The Bertz CT molecular complexity index is 394. The number of nitrogens with zero attached hydrogens (tertiary/aromatic N) is 2. The predicted octanol–water partition coefficient (Wildman–Crippen LogP) is 3.23. The number of likely N-dealkylation sites (tertiary alicyclic amines) is 1. The van der Waals surface area contributed by atoms with E-state index in [4.69, 9.17) is 0 Å². The molecule has 0 bridgehead atoms. The van der Waals surface area contributed by atoms with Gasteiger partial charge in [0.15, 0.2) is 0 Å². The summed E-state index contributed by atoms with van der Waals surface area (Å²) in [5.74, 6) is 0.0432. The summed E-state index contributed by atoms with van der Waals surface area (Å²) in [7, 11) is 0. The van der Waals surface area contributed by atoms with Crippen LogP contribution >= 0.6 is 31.9 Å². The van der Waals surface area contributed by atoms with E-state index < -0.39 is 0 Å². The summed E-state index contributed by atoms with van der Waals surface area (Å²) < 4.78 is 0.893. The van der Waals surface area contributed by atoms with Crippen molar-refractivity contribution in [3.63, 3.8) is 0 Å². The third-order valence-electron chi connectivity index (χ3n) is 3.01. The highest BCUT2D eigenvalue weighted by Gasteiger charge is 2.27. The molecule has 1 atom stereocenters. The summed E-state index contributed by atoms with van der Waals surface area (Å²) in [6.07, 6.45) is 5.04. The minimum absolute atomic E-state index is 0.0432. The molecule has 1 aromatic heterocycles. The number of piperidine rings is 1. The quantitative estimate of drug-likeness (QED) is 0.757. The molecular formula is C12H14Br2N2O. The van der Waals surface area contributed by atoms with E-state index in [0.29, 0.717) is 11.7 Å². The molecule has 0 radical (unpaired) electrons. The van der Waals surface area contributed by atoms with Gasteiger partial charge < -0.3 is 4.90 Å². The van der Waals surface area contributed by atoms with E-state index in [2.05, 4.69) is 36.8 Å².